The van der Waals surface area contributed by atoms with Crippen LogP contribution in [-0.2, 0) is 4.79 Å². The first-order valence-corrected chi connectivity index (χ1v) is 8.66. The Balaban J connectivity index is 1.50. The maximum Gasteiger partial charge on any atom is 0.262 e. The van der Waals surface area contributed by atoms with E-state index in [2.05, 4.69) is 10.6 Å². The quantitative estimate of drug-likeness (QED) is 0.668. The molecule has 0 aliphatic heterocycles. The maximum atomic E-state index is 12.9. The van der Waals surface area contributed by atoms with Gasteiger partial charge in [0.2, 0.25) is 0 Å². The Kier molecular flexibility index (Phi) is 6.01. The van der Waals surface area contributed by atoms with Crippen LogP contribution >= 0.6 is 0 Å². The molecule has 2 N–H and O–H groups in total. The molecule has 3 aromatic carbocycles. The number of rotatable bonds is 6. The minimum atomic E-state index is -0.370. The summed E-state index contributed by atoms with van der Waals surface area (Å²) in [5, 5.41) is 5.42. The molecule has 142 valence electrons. The van der Waals surface area contributed by atoms with E-state index in [0.717, 1.165) is 5.56 Å². The molecule has 28 heavy (non-hydrogen) atoms. The molecular formula is C22H19FN2O3. The van der Waals surface area contributed by atoms with Crippen molar-refractivity contribution in [2.45, 2.75) is 6.92 Å². The number of carbonyl (C=O) groups excluding carboxylic acids is 2. The Morgan fingerprint density at radius 2 is 1.39 bits per heavy atom. The number of benzene rings is 3. The fourth-order valence-corrected chi connectivity index (χ4v) is 2.42. The summed E-state index contributed by atoms with van der Waals surface area (Å²) < 4.78 is 18.3. The molecule has 0 fully saturated rings. The van der Waals surface area contributed by atoms with Crippen molar-refractivity contribution < 1.29 is 18.7 Å². The highest BCUT2D eigenvalue weighted by Gasteiger charge is 2.08. The molecule has 6 heteroatoms. The topological polar surface area (TPSA) is 67.4 Å². The summed E-state index contributed by atoms with van der Waals surface area (Å²) >= 11 is 0. The Morgan fingerprint density at radius 3 is 2.04 bits per heavy atom. The Bertz CT molecular complexity index is 953. The van der Waals surface area contributed by atoms with E-state index in [9.17, 15) is 14.0 Å². The van der Waals surface area contributed by atoms with E-state index in [1.165, 1.54) is 24.3 Å². The van der Waals surface area contributed by atoms with Crippen molar-refractivity contribution in [2.24, 2.45) is 0 Å². The first-order valence-electron chi connectivity index (χ1n) is 8.66. The minimum Gasteiger partial charge on any atom is -0.484 e. The van der Waals surface area contributed by atoms with Crippen LogP contribution in [0.25, 0.3) is 0 Å². The number of nitrogens with one attached hydrogen (secondary N) is 2. The molecule has 3 aromatic rings. The lowest BCUT2D eigenvalue weighted by atomic mass is 10.2. The van der Waals surface area contributed by atoms with E-state index >= 15 is 0 Å². The predicted octanol–water partition coefficient (Wildman–Crippen LogP) is 4.40. The van der Waals surface area contributed by atoms with Crippen molar-refractivity contribution >= 4 is 23.2 Å². The summed E-state index contributed by atoms with van der Waals surface area (Å²) in [4.78, 5) is 24.1. The Morgan fingerprint density at radius 1 is 0.821 bits per heavy atom. The fourth-order valence-electron chi connectivity index (χ4n) is 2.42. The number of anilines is 2. The average Bonchev–Trinajstić information content (AvgIpc) is 2.70. The van der Waals surface area contributed by atoms with Crippen LogP contribution in [0.5, 0.6) is 5.75 Å². The van der Waals surface area contributed by atoms with Gasteiger partial charge in [0.1, 0.15) is 11.6 Å². The molecule has 0 saturated heterocycles. The number of hydrogen-bond acceptors (Lipinski definition) is 3. The monoisotopic (exact) mass is 378 g/mol. The lowest BCUT2D eigenvalue weighted by Crippen LogP contribution is -2.20. The summed E-state index contributed by atoms with van der Waals surface area (Å²) in [6.45, 7) is 1.83. The molecule has 0 unspecified atom stereocenters. The highest BCUT2D eigenvalue weighted by atomic mass is 19.1. The SMILES string of the molecule is Cc1ccc(NC(=O)COc2ccc(C(=O)Nc3ccc(F)cc3)cc2)cc1. The molecule has 3 rings (SSSR count). The van der Waals surface area contributed by atoms with Crippen LogP contribution in [-0.4, -0.2) is 18.4 Å². The third-order valence-electron chi connectivity index (χ3n) is 3.92. The molecule has 2 amide bonds. The molecule has 0 aliphatic carbocycles. The van der Waals surface area contributed by atoms with Crippen molar-refractivity contribution in [1.29, 1.82) is 0 Å². The highest BCUT2D eigenvalue weighted by molar-refractivity contribution is 6.04. The van der Waals surface area contributed by atoms with Crippen molar-refractivity contribution in [3.63, 3.8) is 0 Å². The number of carbonyl (C=O) groups is 2. The van der Waals surface area contributed by atoms with E-state index in [4.69, 9.17) is 4.74 Å². The zero-order chi connectivity index (χ0) is 19.9. The molecule has 5 nitrogen and oxygen atoms in total. The molecule has 0 heterocycles. The Hall–Kier alpha value is -3.67. The smallest absolute Gasteiger partial charge is 0.262 e. The van der Waals surface area contributed by atoms with E-state index in [-0.39, 0.29) is 24.2 Å². The van der Waals surface area contributed by atoms with Crippen molar-refractivity contribution in [2.75, 3.05) is 17.2 Å². The first kappa shape index (κ1) is 19.1. The number of ether oxygens (including phenoxy) is 1. The third-order valence-corrected chi connectivity index (χ3v) is 3.92. The van der Waals surface area contributed by atoms with Crippen molar-refractivity contribution in [1.82, 2.24) is 0 Å². The van der Waals surface area contributed by atoms with Crippen LogP contribution in [0.2, 0.25) is 0 Å². The Labute approximate surface area is 162 Å². The number of halogens is 1. The summed E-state index contributed by atoms with van der Waals surface area (Å²) in [5.74, 6) is -0.499. The zero-order valence-electron chi connectivity index (χ0n) is 15.2. The summed E-state index contributed by atoms with van der Waals surface area (Å²) in [7, 11) is 0. The number of hydrogen-bond donors (Lipinski definition) is 2. The normalized spacial score (nSPS) is 10.2. The third kappa shape index (κ3) is 5.41. The van der Waals surface area contributed by atoms with Gasteiger partial charge in [-0.2, -0.15) is 0 Å². The van der Waals surface area contributed by atoms with Gasteiger partial charge in [-0.05, 0) is 67.6 Å². The largest absolute Gasteiger partial charge is 0.484 e. The zero-order valence-corrected chi connectivity index (χ0v) is 15.2. The van der Waals surface area contributed by atoms with Crippen LogP contribution in [0.15, 0.2) is 72.8 Å². The van der Waals surface area contributed by atoms with Crippen LogP contribution in [0, 0.1) is 12.7 Å². The van der Waals surface area contributed by atoms with Crippen LogP contribution in [0.4, 0.5) is 15.8 Å². The van der Waals surface area contributed by atoms with Crippen molar-refractivity contribution in [3.8, 4) is 5.75 Å². The average molecular weight is 378 g/mol. The second-order valence-corrected chi connectivity index (χ2v) is 6.19. The second-order valence-electron chi connectivity index (χ2n) is 6.19. The van der Waals surface area contributed by atoms with Gasteiger partial charge in [-0.1, -0.05) is 17.7 Å². The minimum absolute atomic E-state index is 0.144. The predicted molar refractivity (Wildman–Crippen MR) is 106 cm³/mol. The van der Waals surface area contributed by atoms with E-state index in [1.807, 2.05) is 31.2 Å². The van der Waals surface area contributed by atoms with Crippen LogP contribution in [0.3, 0.4) is 0 Å². The first-order chi connectivity index (χ1) is 13.5. The standard InChI is InChI=1S/C22H19FN2O3/c1-15-2-8-18(9-3-15)24-21(26)14-28-20-12-4-16(5-13-20)22(27)25-19-10-6-17(23)7-11-19/h2-13H,14H2,1H3,(H,24,26)(H,25,27). The molecule has 0 spiro atoms. The molecule has 0 aromatic heterocycles. The van der Waals surface area contributed by atoms with Gasteiger partial charge in [0, 0.05) is 16.9 Å². The highest BCUT2D eigenvalue weighted by Crippen LogP contribution is 2.15. The van der Waals surface area contributed by atoms with Gasteiger partial charge in [0.15, 0.2) is 6.61 Å². The second kappa shape index (κ2) is 8.81. The lowest BCUT2D eigenvalue weighted by Gasteiger charge is -2.09. The van der Waals surface area contributed by atoms with Crippen LogP contribution in [0.1, 0.15) is 15.9 Å². The van der Waals surface area contributed by atoms with E-state index in [0.29, 0.717) is 22.7 Å². The molecule has 0 saturated carbocycles. The lowest BCUT2D eigenvalue weighted by molar-refractivity contribution is -0.118. The van der Waals surface area contributed by atoms with E-state index in [1.54, 1.807) is 24.3 Å². The molecular weight excluding hydrogens is 359 g/mol. The van der Waals surface area contributed by atoms with Crippen LogP contribution < -0.4 is 15.4 Å². The van der Waals surface area contributed by atoms with Gasteiger partial charge in [-0.25, -0.2) is 4.39 Å². The summed E-state index contributed by atoms with van der Waals surface area (Å²) in [5.41, 5.74) is 2.73. The van der Waals surface area contributed by atoms with E-state index < -0.39 is 0 Å². The van der Waals surface area contributed by atoms with Gasteiger partial charge < -0.3 is 15.4 Å². The molecule has 0 atom stereocenters. The maximum absolute atomic E-state index is 12.9. The summed E-state index contributed by atoms with van der Waals surface area (Å²) in [6, 6.07) is 19.4. The fraction of sp³-hybridized carbons (Fsp3) is 0.0909. The van der Waals surface area contributed by atoms with Gasteiger partial charge in [0.05, 0.1) is 0 Å². The molecule has 0 aliphatic rings. The molecule has 0 bridgehead atoms. The summed E-state index contributed by atoms with van der Waals surface area (Å²) in [6.07, 6.45) is 0. The van der Waals surface area contributed by atoms with Gasteiger partial charge >= 0.3 is 0 Å². The van der Waals surface area contributed by atoms with Gasteiger partial charge in [-0.15, -0.1) is 0 Å². The number of aryl methyl sites for hydroxylation is 1. The van der Waals surface area contributed by atoms with Gasteiger partial charge in [0.25, 0.3) is 11.8 Å². The molecule has 0 radical (unpaired) electrons. The van der Waals surface area contributed by atoms with Crippen molar-refractivity contribution in [3.05, 3.63) is 89.7 Å². The van der Waals surface area contributed by atoms with Gasteiger partial charge in [-0.3, -0.25) is 9.59 Å². The number of amides is 2.